The Kier molecular flexibility index (Phi) is 9.10. The lowest BCUT2D eigenvalue weighted by molar-refractivity contribution is -0.114. The second kappa shape index (κ2) is 11.5. The Balaban J connectivity index is 0.00000320. The van der Waals surface area contributed by atoms with Gasteiger partial charge < -0.3 is 20.9 Å². The minimum Gasteiger partial charge on any atom is -0.361 e. The molecule has 0 aliphatic rings. The lowest BCUT2D eigenvalue weighted by atomic mass is 10.1. The van der Waals surface area contributed by atoms with E-state index < -0.39 is 0 Å². The van der Waals surface area contributed by atoms with Gasteiger partial charge in [0.05, 0.1) is 0 Å². The number of carbonyl (C=O) groups excluding carboxylic acids is 1. The Hall–Kier alpha value is -2.62. The summed E-state index contributed by atoms with van der Waals surface area (Å²) < 4.78 is 13.3. The van der Waals surface area contributed by atoms with Crippen molar-refractivity contribution in [1.82, 2.24) is 15.6 Å². The van der Waals surface area contributed by atoms with Crippen molar-refractivity contribution in [3.63, 3.8) is 0 Å². The first-order valence-corrected chi connectivity index (χ1v) is 9.61. The molecule has 1 amide bonds. The molecule has 0 saturated heterocycles. The normalized spacial score (nSPS) is 11.1. The van der Waals surface area contributed by atoms with Crippen LogP contribution in [0.25, 0.3) is 10.9 Å². The van der Waals surface area contributed by atoms with E-state index in [1.165, 1.54) is 24.6 Å². The highest BCUT2D eigenvalue weighted by Gasteiger charge is 2.05. The van der Waals surface area contributed by atoms with Gasteiger partial charge in [-0.3, -0.25) is 9.79 Å². The number of fused-ring (bicyclic) bond motifs is 1. The van der Waals surface area contributed by atoms with Gasteiger partial charge in [0.25, 0.3) is 0 Å². The van der Waals surface area contributed by atoms with Crippen molar-refractivity contribution in [2.24, 2.45) is 4.99 Å². The number of H-pyrrole nitrogens is 1. The summed E-state index contributed by atoms with van der Waals surface area (Å²) >= 11 is 0. The molecular formula is C22H27FIN5O. The van der Waals surface area contributed by atoms with Crippen LogP contribution in [0.15, 0.2) is 53.7 Å². The van der Waals surface area contributed by atoms with Gasteiger partial charge in [-0.1, -0.05) is 12.1 Å². The lowest BCUT2D eigenvalue weighted by Crippen LogP contribution is -2.39. The maximum Gasteiger partial charge on any atom is 0.221 e. The third-order valence-corrected chi connectivity index (χ3v) is 4.62. The first-order chi connectivity index (χ1) is 14.0. The van der Waals surface area contributed by atoms with Crippen LogP contribution < -0.4 is 16.0 Å². The molecule has 160 valence electrons. The number of guanidine groups is 1. The largest absolute Gasteiger partial charge is 0.361 e. The van der Waals surface area contributed by atoms with Gasteiger partial charge >= 0.3 is 0 Å². The first kappa shape index (κ1) is 23.7. The third-order valence-electron chi connectivity index (χ3n) is 4.62. The van der Waals surface area contributed by atoms with Gasteiger partial charge in [-0.05, 0) is 54.3 Å². The second-order valence-corrected chi connectivity index (χ2v) is 6.81. The molecule has 1 heterocycles. The molecule has 3 rings (SSSR count). The smallest absolute Gasteiger partial charge is 0.221 e. The summed E-state index contributed by atoms with van der Waals surface area (Å²) in [6.07, 6.45) is 3.57. The predicted molar refractivity (Wildman–Crippen MR) is 131 cm³/mol. The van der Waals surface area contributed by atoms with E-state index in [0.717, 1.165) is 54.0 Å². The molecule has 0 spiro atoms. The number of anilines is 1. The van der Waals surface area contributed by atoms with Crippen LogP contribution in [0, 0.1) is 5.82 Å². The van der Waals surface area contributed by atoms with Gasteiger partial charge in [0.2, 0.25) is 5.91 Å². The minimum absolute atomic E-state index is 0. The van der Waals surface area contributed by atoms with Crippen molar-refractivity contribution < 1.29 is 9.18 Å². The molecule has 0 unspecified atom stereocenters. The zero-order valence-electron chi connectivity index (χ0n) is 17.1. The maximum atomic E-state index is 13.3. The average molecular weight is 523 g/mol. The molecule has 0 aliphatic heterocycles. The summed E-state index contributed by atoms with van der Waals surface area (Å²) in [6, 6.07) is 12.6. The van der Waals surface area contributed by atoms with Gasteiger partial charge in [0, 0.05) is 49.8 Å². The number of carbonyl (C=O) groups is 1. The van der Waals surface area contributed by atoms with Crippen LogP contribution in [-0.2, 0) is 17.6 Å². The Morgan fingerprint density at radius 3 is 2.43 bits per heavy atom. The first-order valence-electron chi connectivity index (χ1n) is 9.61. The molecule has 3 aromatic rings. The molecule has 30 heavy (non-hydrogen) atoms. The van der Waals surface area contributed by atoms with Gasteiger partial charge in [-0.15, -0.1) is 24.0 Å². The second-order valence-electron chi connectivity index (χ2n) is 6.81. The Bertz CT molecular complexity index is 1000. The SMILES string of the molecule is CN=C(NCCc1ccc(NC(C)=O)cc1)NCCc1c[nH]c2cc(F)ccc12.I. The fraction of sp³-hybridized carbons (Fsp3) is 0.273. The number of hydrogen-bond donors (Lipinski definition) is 4. The molecule has 0 radical (unpaired) electrons. The third kappa shape index (κ3) is 6.72. The highest BCUT2D eigenvalue weighted by atomic mass is 127. The molecule has 2 aromatic carbocycles. The number of nitrogens with zero attached hydrogens (tertiary/aromatic N) is 1. The van der Waals surface area contributed by atoms with Crippen LogP contribution in [0.5, 0.6) is 0 Å². The van der Waals surface area contributed by atoms with Gasteiger partial charge in [0.15, 0.2) is 5.96 Å². The minimum atomic E-state index is -0.238. The number of amides is 1. The predicted octanol–water partition coefficient (Wildman–Crippen LogP) is 3.83. The number of hydrogen-bond acceptors (Lipinski definition) is 2. The van der Waals surface area contributed by atoms with E-state index in [0.29, 0.717) is 0 Å². The molecule has 0 atom stereocenters. The van der Waals surface area contributed by atoms with Crippen molar-refractivity contribution in [3.8, 4) is 0 Å². The van der Waals surface area contributed by atoms with Crippen molar-refractivity contribution in [3.05, 3.63) is 65.6 Å². The van der Waals surface area contributed by atoms with Crippen molar-refractivity contribution >= 4 is 52.4 Å². The van der Waals surface area contributed by atoms with E-state index in [4.69, 9.17) is 0 Å². The Morgan fingerprint density at radius 1 is 1.07 bits per heavy atom. The van der Waals surface area contributed by atoms with Crippen LogP contribution in [0.3, 0.4) is 0 Å². The molecule has 6 nitrogen and oxygen atoms in total. The quantitative estimate of drug-likeness (QED) is 0.216. The summed E-state index contributed by atoms with van der Waals surface area (Å²) in [4.78, 5) is 18.4. The Morgan fingerprint density at radius 2 is 1.77 bits per heavy atom. The molecule has 0 aliphatic carbocycles. The summed E-state index contributed by atoms with van der Waals surface area (Å²) in [7, 11) is 1.74. The van der Waals surface area contributed by atoms with E-state index in [-0.39, 0.29) is 35.7 Å². The zero-order chi connectivity index (χ0) is 20.6. The number of rotatable bonds is 7. The molecule has 1 aromatic heterocycles. The zero-order valence-corrected chi connectivity index (χ0v) is 19.4. The molecule has 4 N–H and O–H groups in total. The molecular weight excluding hydrogens is 496 g/mol. The maximum absolute atomic E-state index is 13.3. The number of aromatic amines is 1. The number of nitrogens with one attached hydrogen (secondary N) is 4. The van der Waals surface area contributed by atoms with E-state index in [2.05, 4.69) is 25.9 Å². The van der Waals surface area contributed by atoms with Crippen LogP contribution in [0.1, 0.15) is 18.1 Å². The lowest BCUT2D eigenvalue weighted by Gasteiger charge is -2.12. The van der Waals surface area contributed by atoms with Gasteiger partial charge in [-0.25, -0.2) is 4.39 Å². The van der Waals surface area contributed by atoms with E-state index >= 15 is 0 Å². The highest BCUT2D eigenvalue weighted by molar-refractivity contribution is 14.0. The van der Waals surface area contributed by atoms with Crippen molar-refractivity contribution in [2.45, 2.75) is 19.8 Å². The summed E-state index contributed by atoms with van der Waals surface area (Å²) in [5.74, 6) is 0.429. The van der Waals surface area contributed by atoms with Crippen LogP contribution >= 0.6 is 24.0 Å². The van der Waals surface area contributed by atoms with Gasteiger partial charge in [0.1, 0.15) is 5.82 Å². The summed E-state index contributed by atoms with van der Waals surface area (Å²) in [5, 5.41) is 10.4. The van der Waals surface area contributed by atoms with Crippen molar-refractivity contribution in [1.29, 1.82) is 0 Å². The average Bonchev–Trinajstić information content (AvgIpc) is 3.09. The number of halogens is 2. The van der Waals surface area contributed by atoms with Gasteiger partial charge in [-0.2, -0.15) is 0 Å². The van der Waals surface area contributed by atoms with Crippen LogP contribution in [0.4, 0.5) is 10.1 Å². The monoisotopic (exact) mass is 523 g/mol. The van der Waals surface area contributed by atoms with Crippen LogP contribution in [-0.4, -0.2) is 37.0 Å². The van der Waals surface area contributed by atoms with E-state index in [9.17, 15) is 9.18 Å². The summed E-state index contributed by atoms with van der Waals surface area (Å²) in [6.45, 7) is 2.95. The molecule has 0 saturated carbocycles. The molecule has 8 heteroatoms. The van der Waals surface area contributed by atoms with Crippen molar-refractivity contribution in [2.75, 3.05) is 25.5 Å². The highest BCUT2D eigenvalue weighted by Crippen LogP contribution is 2.19. The van der Waals surface area contributed by atoms with E-state index in [1.807, 2.05) is 30.5 Å². The standard InChI is InChI=1S/C22H26FN5O.HI/c1-15(29)28-19-6-3-16(4-7-19)9-11-25-22(24-2)26-12-10-17-14-27-21-13-18(23)5-8-20(17)21;/h3-8,13-14,27H,9-12H2,1-2H3,(H,28,29)(H2,24,25,26);1H. The Labute approximate surface area is 192 Å². The fourth-order valence-electron chi connectivity index (χ4n) is 3.18. The molecule has 0 bridgehead atoms. The number of aliphatic imine (C=N–C) groups is 1. The fourth-order valence-corrected chi connectivity index (χ4v) is 3.18. The van der Waals surface area contributed by atoms with Crippen LogP contribution in [0.2, 0.25) is 0 Å². The number of benzene rings is 2. The molecule has 0 fully saturated rings. The number of aromatic nitrogens is 1. The van der Waals surface area contributed by atoms with E-state index in [1.54, 1.807) is 13.1 Å². The summed E-state index contributed by atoms with van der Waals surface area (Å²) in [5.41, 5.74) is 3.93. The topological polar surface area (TPSA) is 81.3 Å².